The Bertz CT molecular complexity index is 626. The molecule has 0 heterocycles. The number of hydrogen-bond acceptors (Lipinski definition) is 1. The van der Waals surface area contributed by atoms with Gasteiger partial charge >= 0.3 is 0 Å². The standard InChI is InChI=1S/C13H7Br3FNO/c14-8-3-7(4-9(15)5-8)13(19)18-10-1-2-11(16)12(17)6-10/h1-6H,(H,18,19). The van der Waals surface area contributed by atoms with Gasteiger partial charge in [-0.15, -0.1) is 0 Å². The predicted octanol–water partition coefficient (Wildman–Crippen LogP) is 5.37. The number of hydrogen-bond donors (Lipinski definition) is 1. The number of rotatable bonds is 2. The number of amides is 1. The molecular weight excluding hydrogens is 445 g/mol. The van der Waals surface area contributed by atoms with E-state index in [1.165, 1.54) is 6.07 Å². The molecule has 98 valence electrons. The summed E-state index contributed by atoms with van der Waals surface area (Å²) in [6.45, 7) is 0. The van der Waals surface area contributed by atoms with Gasteiger partial charge in [-0.05, 0) is 52.3 Å². The van der Waals surface area contributed by atoms with Crippen LogP contribution in [0.1, 0.15) is 10.4 Å². The Morgan fingerprint density at radius 3 is 2.21 bits per heavy atom. The summed E-state index contributed by atoms with van der Waals surface area (Å²) >= 11 is 9.68. The highest BCUT2D eigenvalue weighted by Crippen LogP contribution is 2.22. The average molecular weight is 452 g/mol. The maximum absolute atomic E-state index is 13.3. The van der Waals surface area contributed by atoms with Gasteiger partial charge in [-0.1, -0.05) is 31.9 Å². The van der Waals surface area contributed by atoms with Gasteiger partial charge in [0.05, 0.1) is 4.47 Å². The van der Waals surface area contributed by atoms with Gasteiger partial charge < -0.3 is 5.32 Å². The van der Waals surface area contributed by atoms with Crippen molar-refractivity contribution < 1.29 is 9.18 Å². The minimum Gasteiger partial charge on any atom is -0.322 e. The van der Waals surface area contributed by atoms with E-state index in [0.717, 1.165) is 8.95 Å². The van der Waals surface area contributed by atoms with Crippen LogP contribution in [-0.2, 0) is 0 Å². The fourth-order valence-corrected chi connectivity index (χ4v) is 3.00. The van der Waals surface area contributed by atoms with Gasteiger partial charge in [0.25, 0.3) is 5.91 Å². The SMILES string of the molecule is O=C(Nc1ccc(Br)c(F)c1)c1cc(Br)cc(Br)c1. The van der Waals surface area contributed by atoms with Crippen molar-refractivity contribution in [1.82, 2.24) is 0 Å². The quantitative estimate of drug-likeness (QED) is 0.653. The summed E-state index contributed by atoms with van der Waals surface area (Å²) in [7, 11) is 0. The Morgan fingerprint density at radius 2 is 1.63 bits per heavy atom. The Hall–Kier alpha value is -0.720. The van der Waals surface area contributed by atoms with Crippen LogP contribution in [0.5, 0.6) is 0 Å². The van der Waals surface area contributed by atoms with Crippen LogP contribution >= 0.6 is 47.8 Å². The maximum Gasteiger partial charge on any atom is 0.255 e. The molecule has 0 aliphatic heterocycles. The molecule has 0 aliphatic carbocycles. The predicted molar refractivity (Wildman–Crippen MR) is 83.9 cm³/mol. The fraction of sp³-hybridized carbons (Fsp3) is 0. The molecule has 2 aromatic carbocycles. The lowest BCUT2D eigenvalue weighted by Crippen LogP contribution is -2.12. The first-order valence-corrected chi connectivity index (χ1v) is 7.56. The van der Waals surface area contributed by atoms with Crippen LogP contribution in [0.15, 0.2) is 49.8 Å². The number of nitrogens with one attached hydrogen (secondary N) is 1. The zero-order valence-corrected chi connectivity index (χ0v) is 14.1. The number of halogens is 4. The van der Waals surface area contributed by atoms with Gasteiger partial charge in [0.2, 0.25) is 0 Å². The Morgan fingerprint density at radius 1 is 1.00 bits per heavy atom. The van der Waals surface area contributed by atoms with Crippen LogP contribution < -0.4 is 5.32 Å². The van der Waals surface area contributed by atoms with Gasteiger partial charge in [0.1, 0.15) is 5.82 Å². The van der Waals surface area contributed by atoms with E-state index in [-0.39, 0.29) is 5.91 Å². The monoisotopic (exact) mass is 449 g/mol. The van der Waals surface area contributed by atoms with E-state index in [9.17, 15) is 9.18 Å². The second-order valence-corrected chi connectivity index (χ2v) is 6.43. The van der Waals surface area contributed by atoms with E-state index >= 15 is 0 Å². The third kappa shape index (κ3) is 3.87. The van der Waals surface area contributed by atoms with Crippen molar-refractivity contribution in [2.24, 2.45) is 0 Å². The van der Waals surface area contributed by atoms with Crippen LogP contribution in [0, 0.1) is 5.82 Å². The average Bonchev–Trinajstić information content (AvgIpc) is 2.32. The van der Waals surface area contributed by atoms with Crippen molar-refractivity contribution in [3.63, 3.8) is 0 Å². The Kier molecular flexibility index (Phi) is 4.76. The topological polar surface area (TPSA) is 29.1 Å². The molecule has 0 atom stereocenters. The second-order valence-electron chi connectivity index (χ2n) is 3.74. The third-order valence-corrected chi connectivity index (χ3v) is 3.86. The number of carbonyl (C=O) groups is 1. The summed E-state index contributed by atoms with van der Waals surface area (Å²) in [5.41, 5.74) is 0.881. The molecule has 0 saturated heterocycles. The molecule has 0 fully saturated rings. The third-order valence-electron chi connectivity index (χ3n) is 2.30. The highest BCUT2D eigenvalue weighted by atomic mass is 79.9. The fourth-order valence-electron chi connectivity index (χ4n) is 1.46. The summed E-state index contributed by atoms with van der Waals surface area (Å²) < 4.78 is 15.3. The number of benzene rings is 2. The molecule has 1 N–H and O–H groups in total. The summed E-state index contributed by atoms with van der Waals surface area (Å²) in [5, 5.41) is 2.64. The van der Waals surface area contributed by atoms with Crippen LogP contribution in [-0.4, -0.2) is 5.91 Å². The molecule has 0 unspecified atom stereocenters. The minimum absolute atomic E-state index is 0.302. The normalized spacial score (nSPS) is 10.3. The maximum atomic E-state index is 13.3. The minimum atomic E-state index is -0.423. The number of anilines is 1. The first-order valence-electron chi connectivity index (χ1n) is 5.18. The summed E-state index contributed by atoms with van der Waals surface area (Å²) in [6.07, 6.45) is 0. The van der Waals surface area contributed by atoms with E-state index in [1.807, 2.05) is 6.07 Å². The molecule has 0 aliphatic rings. The summed E-state index contributed by atoms with van der Waals surface area (Å²) in [6, 6.07) is 9.63. The van der Waals surface area contributed by atoms with Crippen LogP contribution in [0.3, 0.4) is 0 Å². The molecular formula is C13H7Br3FNO. The largest absolute Gasteiger partial charge is 0.322 e. The van der Waals surface area contributed by atoms with E-state index < -0.39 is 5.82 Å². The summed E-state index contributed by atoms with van der Waals surface area (Å²) in [4.78, 5) is 12.0. The second kappa shape index (κ2) is 6.15. The molecule has 6 heteroatoms. The molecule has 0 spiro atoms. The van der Waals surface area contributed by atoms with Crippen LogP contribution in [0.2, 0.25) is 0 Å². The van der Waals surface area contributed by atoms with Gasteiger partial charge in [-0.25, -0.2) is 4.39 Å². The molecule has 2 nitrogen and oxygen atoms in total. The zero-order chi connectivity index (χ0) is 14.0. The molecule has 1 amide bonds. The highest BCUT2D eigenvalue weighted by Gasteiger charge is 2.09. The Labute approximate surface area is 134 Å². The lowest BCUT2D eigenvalue weighted by molar-refractivity contribution is 0.102. The molecule has 19 heavy (non-hydrogen) atoms. The van der Waals surface area contributed by atoms with Crippen molar-refractivity contribution in [3.8, 4) is 0 Å². The lowest BCUT2D eigenvalue weighted by Gasteiger charge is -2.07. The van der Waals surface area contributed by atoms with Crippen molar-refractivity contribution in [2.75, 3.05) is 5.32 Å². The van der Waals surface area contributed by atoms with Gasteiger partial charge in [-0.2, -0.15) is 0 Å². The van der Waals surface area contributed by atoms with Crippen LogP contribution in [0.4, 0.5) is 10.1 Å². The molecule has 0 aromatic heterocycles. The van der Waals surface area contributed by atoms with Crippen LogP contribution in [0.25, 0.3) is 0 Å². The lowest BCUT2D eigenvalue weighted by atomic mass is 10.2. The smallest absolute Gasteiger partial charge is 0.255 e. The van der Waals surface area contributed by atoms with Crippen molar-refractivity contribution in [3.05, 3.63) is 61.2 Å². The van der Waals surface area contributed by atoms with Crippen molar-refractivity contribution in [2.45, 2.75) is 0 Å². The van der Waals surface area contributed by atoms with E-state index in [4.69, 9.17) is 0 Å². The van der Waals surface area contributed by atoms with Gasteiger partial charge in [0.15, 0.2) is 0 Å². The molecule has 2 rings (SSSR count). The van der Waals surface area contributed by atoms with Gasteiger partial charge in [-0.3, -0.25) is 4.79 Å². The highest BCUT2D eigenvalue weighted by molar-refractivity contribution is 9.11. The van der Waals surface area contributed by atoms with Crippen molar-refractivity contribution in [1.29, 1.82) is 0 Å². The van der Waals surface area contributed by atoms with E-state index in [2.05, 4.69) is 53.1 Å². The van der Waals surface area contributed by atoms with Gasteiger partial charge in [0, 0.05) is 20.2 Å². The summed E-state index contributed by atoms with van der Waals surface area (Å²) in [5.74, 6) is -0.725. The first kappa shape index (κ1) is 14.7. The molecule has 0 bridgehead atoms. The zero-order valence-electron chi connectivity index (χ0n) is 9.38. The molecule has 0 radical (unpaired) electrons. The van der Waals surface area contributed by atoms with E-state index in [0.29, 0.717) is 15.7 Å². The Balaban J connectivity index is 2.22. The first-order chi connectivity index (χ1) is 8.95. The van der Waals surface area contributed by atoms with E-state index in [1.54, 1.807) is 24.3 Å². The number of carbonyl (C=O) groups excluding carboxylic acids is 1. The molecule has 0 saturated carbocycles. The molecule has 2 aromatic rings. The van der Waals surface area contributed by atoms with Crippen molar-refractivity contribution >= 4 is 59.4 Å².